The Morgan fingerprint density at radius 1 is 1.30 bits per heavy atom. The van der Waals surface area contributed by atoms with Crippen molar-refractivity contribution in [1.82, 2.24) is 10.1 Å². The Labute approximate surface area is 135 Å². The summed E-state index contributed by atoms with van der Waals surface area (Å²) < 4.78 is 29.3. The molecule has 0 radical (unpaired) electrons. The number of carbonyl (C=O) groups is 1. The molecule has 2 heterocycles. The van der Waals surface area contributed by atoms with Gasteiger partial charge in [0.1, 0.15) is 11.5 Å². The van der Waals surface area contributed by atoms with Crippen molar-refractivity contribution < 1.29 is 17.7 Å². The van der Waals surface area contributed by atoms with Crippen molar-refractivity contribution in [2.75, 3.05) is 12.3 Å². The molecule has 1 aliphatic rings. The predicted octanol–water partition coefficient (Wildman–Crippen LogP) is 1.48. The molecule has 1 aliphatic heterocycles. The number of aryl methyl sites for hydroxylation is 1. The van der Waals surface area contributed by atoms with E-state index < -0.39 is 15.6 Å². The van der Waals surface area contributed by atoms with E-state index in [0.717, 1.165) is 12.0 Å². The molecule has 3 rings (SSSR count). The average Bonchev–Trinajstić information content (AvgIpc) is 2.90. The minimum Gasteiger partial charge on any atom is -0.360 e. The van der Waals surface area contributed by atoms with Crippen LogP contribution in [0, 0.1) is 6.92 Å². The maximum Gasteiger partial charge on any atom is 0.238 e. The van der Waals surface area contributed by atoms with Crippen LogP contribution in [0.3, 0.4) is 0 Å². The van der Waals surface area contributed by atoms with Crippen LogP contribution >= 0.6 is 0 Å². The maximum absolute atomic E-state index is 12.3. The fourth-order valence-electron chi connectivity index (χ4n) is 2.74. The van der Waals surface area contributed by atoms with Gasteiger partial charge in [-0.05, 0) is 24.5 Å². The van der Waals surface area contributed by atoms with Crippen molar-refractivity contribution in [3.63, 3.8) is 0 Å². The largest absolute Gasteiger partial charge is 0.360 e. The summed E-state index contributed by atoms with van der Waals surface area (Å²) in [5, 5.41) is 3.66. The summed E-state index contributed by atoms with van der Waals surface area (Å²) in [7, 11) is -3.57. The number of nitrogens with zero attached hydrogens (tertiary/aromatic N) is 2. The van der Waals surface area contributed by atoms with Gasteiger partial charge in [0.05, 0.1) is 5.69 Å². The zero-order valence-electron chi connectivity index (χ0n) is 12.9. The van der Waals surface area contributed by atoms with Gasteiger partial charge in [-0.1, -0.05) is 29.4 Å². The van der Waals surface area contributed by atoms with Crippen LogP contribution in [0.1, 0.15) is 22.6 Å². The Hall–Kier alpha value is -2.15. The second kappa shape index (κ2) is 6.16. The summed E-state index contributed by atoms with van der Waals surface area (Å²) in [5.74, 6) is -0.908. The molecule has 0 saturated carbocycles. The Bertz CT molecular complexity index is 826. The Morgan fingerprint density at radius 3 is 2.74 bits per heavy atom. The van der Waals surface area contributed by atoms with E-state index in [1.807, 2.05) is 24.3 Å². The lowest BCUT2D eigenvalue weighted by atomic mass is 10.00. The van der Waals surface area contributed by atoms with Gasteiger partial charge in [-0.15, -0.1) is 0 Å². The summed E-state index contributed by atoms with van der Waals surface area (Å²) in [6.45, 7) is 2.73. The molecule has 0 fully saturated rings. The van der Waals surface area contributed by atoms with Gasteiger partial charge < -0.3 is 9.42 Å². The third kappa shape index (κ3) is 3.79. The number of hydrogen-bond acceptors (Lipinski definition) is 5. The highest BCUT2D eigenvalue weighted by atomic mass is 32.2. The monoisotopic (exact) mass is 334 g/mol. The summed E-state index contributed by atoms with van der Waals surface area (Å²) in [6, 6.07) is 9.48. The molecule has 0 aliphatic carbocycles. The molecule has 0 atom stereocenters. The molecule has 23 heavy (non-hydrogen) atoms. The normalized spacial score (nSPS) is 14.6. The second-order valence-corrected chi connectivity index (χ2v) is 7.87. The van der Waals surface area contributed by atoms with Crippen LogP contribution in [0.2, 0.25) is 0 Å². The Morgan fingerprint density at radius 2 is 2.04 bits per heavy atom. The van der Waals surface area contributed by atoms with Gasteiger partial charge in [0, 0.05) is 19.2 Å². The van der Waals surface area contributed by atoms with Crippen LogP contribution in [0.25, 0.3) is 0 Å². The third-order valence-corrected chi connectivity index (χ3v) is 5.28. The van der Waals surface area contributed by atoms with Crippen molar-refractivity contribution in [1.29, 1.82) is 0 Å². The smallest absolute Gasteiger partial charge is 0.238 e. The fraction of sp³-hybridized carbons (Fsp3) is 0.375. The first-order valence-electron chi connectivity index (χ1n) is 7.40. The van der Waals surface area contributed by atoms with Crippen LogP contribution in [0.4, 0.5) is 0 Å². The van der Waals surface area contributed by atoms with E-state index in [2.05, 4.69) is 5.16 Å². The van der Waals surface area contributed by atoms with Gasteiger partial charge in [-0.2, -0.15) is 0 Å². The van der Waals surface area contributed by atoms with Crippen molar-refractivity contribution in [3.05, 3.63) is 52.9 Å². The van der Waals surface area contributed by atoms with Gasteiger partial charge in [0.15, 0.2) is 15.6 Å². The zero-order valence-corrected chi connectivity index (χ0v) is 13.7. The van der Waals surface area contributed by atoms with E-state index in [9.17, 15) is 13.2 Å². The average molecular weight is 334 g/mol. The fourth-order valence-corrected chi connectivity index (χ4v) is 3.97. The highest BCUT2D eigenvalue weighted by molar-refractivity contribution is 7.91. The topological polar surface area (TPSA) is 80.5 Å². The van der Waals surface area contributed by atoms with Crippen LogP contribution in [0.5, 0.6) is 0 Å². The van der Waals surface area contributed by atoms with E-state index in [-0.39, 0.29) is 17.4 Å². The van der Waals surface area contributed by atoms with Crippen molar-refractivity contribution in [3.8, 4) is 0 Å². The minimum absolute atomic E-state index is 0.263. The second-order valence-electron chi connectivity index (χ2n) is 5.80. The number of rotatable bonds is 4. The molecule has 0 spiro atoms. The van der Waals surface area contributed by atoms with E-state index in [1.165, 1.54) is 5.56 Å². The summed E-state index contributed by atoms with van der Waals surface area (Å²) >= 11 is 0. The summed E-state index contributed by atoms with van der Waals surface area (Å²) in [6.07, 6.45) is 0.753. The molecule has 6 nitrogen and oxygen atoms in total. The lowest BCUT2D eigenvalue weighted by Gasteiger charge is -2.28. The molecule has 0 N–H and O–H groups in total. The molecule has 0 unspecified atom stereocenters. The third-order valence-electron chi connectivity index (χ3n) is 3.87. The van der Waals surface area contributed by atoms with Gasteiger partial charge in [0.2, 0.25) is 5.91 Å². The highest BCUT2D eigenvalue weighted by Crippen LogP contribution is 2.19. The number of amides is 1. The predicted molar refractivity (Wildman–Crippen MR) is 84.3 cm³/mol. The number of carbonyl (C=O) groups excluding carboxylic acids is 1. The number of aromatic nitrogens is 1. The zero-order chi connectivity index (χ0) is 16.4. The minimum atomic E-state index is -3.57. The van der Waals surface area contributed by atoms with Crippen LogP contribution in [-0.2, 0) is 33.4 Å². The molecule has 2 aromatic rings. The number of hydrogen-bond donors (Lipinski definition) is 0. The van der Waals surface area contributed by atoms with E-state index >= 15 is 0 Å². The summed E-state index contributed by atoms with van der Waals surface area (Å²) in [4.78, 5) is 13.9. The SMILES string of the molecule is Cc1cc(CS(=O)(=O)CC(=O)N2CCc3ccccc3C2)on1. The van der Waals surface area contributed by atoms with Crippen molar-refractivity contribution in [2.45, 2.75) is 25.6 Å². The van der Waals surface area contributed by atoms with Gasteiger partial charge in [-0.25, -0.2) is 8.42 Å². The molecule has 1 aromatic heterocycles. The van der Waals surface area contributed by atoms with Gasteiger partial charge in [-0.3, -0.25) is 4.79 Å². The first-order chi connectivity index (χ1) is 10.9. The van der Waals surface area contributed by atoms with E-state index in [0.29, 0.717) is 18.8 Å². The molecule has 1 amide bonds. The standard InChI is InChI=1S/C16H18N2O4S/c1-12-8-15(22-17-12)10-23(20,21)11-16(19)18-7-6-13-4-2-3-5-14(13)9-18/h2-5,8H,6-7,9-11H2,1H3. The Balaban J connectivity index is 1.65. The molecular formula is C16H18N2O4S. The maximum atomic E-state index is 12.3. The molecule has 1 aromatic carbocycles. The van der Waals surface area contributed by atoms with Gasteiger partial charge in [0.25, 0.3) is 0 Å². The molecule has 122 valence electrons. The van der Waals surface area contributed by atoms with E-state index in [1.54, 1.807) is 17.9 Å². The number of fused-ring (bicyclic) bond motifs is 1. The lowest BCUT2D eigenvalue weighted by Crippen LogP contribution is -2.39. The molecule has 0 bridgehead atoms. The Kier molecular flexibility index (Phi) is 4.21. The molecule has 0 saturated heterocycles. The first-order valence-corrected chi connectivity index (χ1v) is 9.22. The number of benzene rings is 1. The first kappa shape index (κ1) is 15.7. The quantitative estimate of drug-likeness (QED) is 0.846. The van der Waals surface area contributed by atoms with Crippen LogP contribution < -0.4 is 0 Å². The highest BCUT2D eigenvalue weighted by Gasteiger charge is 2.26. The van der Waals surface area contributed by atoms with E-state index in [4.69, 9.17) is 4.52 Å². The van der Waals surface area contributed by atoms with Crippen molar-refractivity contribution in [2.24, 2.45) is 0 Å². The van der Waals surface area contributed by atoms with Crippen molar-refractivity contribution >= 4 is 15.7 Å². The molecule has 7 heteroatoms. The summed E-state index contributed by atoms with van der Waals surface area (Å²) in [5.41, 5.74) is 2.92. The lowest BCUT2D eigenvalue weighted by molar-refractivity contribution is -0.129. The van der Waals surface area contributed by atoms with Crippen LogP contribution in [-0.4, -0.2) is 36.7 Å². The van der Waals surface area contributed by atoms with Gasteiger partial charge >= 0.3 is 0 Å². The number of sulfone groups is 1. The molecular weight excluding hydrogens is 316 g/mol. The van der Waals surface area contributed by atoms with Crippen LogP contribution in [0.15, 0.2) is 34.9 Å².